The highest BCUT2D eigenvalue weighted by atomic mass is 16.2. The van der Waals surface area contributed by atoms with Gasteiger partial charge in [-0.2, -0.15) is 9.97 Å². The lowest BCUT2D eigenvalue weighted by molar-refractivity contribution is -0.116. The van der Waals surface area contributed by atoms with Crippen LogP contribution in [-0.2, 0) is 16.0 Å². The van der Waals surface area contributed by atoms with Crippen molar-refractivity contribution >= 4 is 23.5 Å². The first-order valence-electron chi connectivity index (χ1n) is 8.30. The molecule has 0 fully saturated rings. The van der Waals surface area contributed by atoms with E-state index in [2.05, 4.69) is 30.6 Å². The number of amides is 2. The van der Waals surface area contributed by atoms with E-state index in [0.29, 0.717) is 23.0 Å². The molecule has 0 radical (unpaired) electrons. The van der Waals surface area contributed by atoms with Crippen molar-refractivity contribution < 1.29 is 9.59 Å². The highest BCUT2D eigenvalue weighted by molar-refractivity contribution is 5.91. The first-order valence-corrected chi connectivity index (χ1v) is 8.30. The van der Waals surface area contributed by atoms with Crippen LogP contribution in [0, 0.1) is 6.92 Å². The number of nitrogens with zero attached hydrogens (tertiary/aromatic N) is 4. The molecule has 0 aliphatic carbocycles. The van der Waals surface area contributed by atoms with Crippen LogP contribution in [0.5, 0.6) is 0 Å². The number of aromatic nitrogens is 4. The van der Waals surface area contributed by atoms with Gasteiger partial charge in [0.1, 0.15) is 11.5 Å². The van der Waals surface area contributed by atoms with Gasteiger partial charge >= 0.3 is 0 Å². The van der Waals surface area contributed by atoms with Crippen molar-refractivity contribution in [1.29, 1.82) is 0 Å². The zero-order chi connectivity index (χ0) is 19.2. The third kappa shape index (κ3) is 5.15. The van der Waals surface area contributed by atoms with Crippen molar-refractivity contribution in [1.82, 2.24) is 19.9 Å². The summed E-state index contributed by atoms with van der Waals surface area (Å²) in [6.07, 6.45) is 1.81. The van der Waals surface area contributed by atoms with Crippen LogP contribution < -0.4 is 10.6 Å². The largest absolute Gasteiger partial charge is 0.326 e. The highest BCUT2D eigenvalue weighted by Crippen LogP contribution is 2.14. The predicted molar refractivity (Wildman–Crippen MR) is 101 cm³/mol. The maximum absolute atomic E-state index is 12.3. The van der Waals surface area contributed by atoms with Crippen molar-refractivity contribution in [3.05, 3.63) is 60.0 Å². The van der Waals surface area contributed by atoms with Gasteiger partial charge in [-0.25, -0.2) is 4.98 Å². The SMILES string of the molecule is CC(=O)Nc1ccc(CC(=O)Nc2nc(C)nc(-c3ccccn3)n2)cc1. The summed E-state index contributed by atoms with van der Waals surface area (Å²) in [7, 11) is 0. The van der Waals surface area contributed by atoms with Gasteiger partial charge in [0, 0.05) is 18.8 Å². The number of aryl methyl sites for hydroxylation is 1. The summed E-state index contributed by atoms with van der Waals surface area (Å²) in [5.41, 5.74) is 2.09. The minimum atomic E-state index is -0.250. The molecule has 3 aromatic rings. The van der Waals surface area contributed by atoms with Crippen molar-refractivity contribution in [3.8, 4) is 11.5 Å². The maximum Gasteiger partial charge on any atom is 0.233 e. The number of hydrogen-bond acceptors (Lipinski definition) is 6. The zero-order valence-electron chi connectivity index (χ0n) is 14.9. The number of carbonyl (C=O) groups is 2. The molecule has 2 aromatic heterocycles. The fourth-order valence-corrected chi connectivity index (χ4v) is 2.41. The Morgan fingerprint density at radius 3 is 2.41 bits per heavy atom. The van der Waals surface area contributed by atoms with E-state index in [9.17, 15) is 9.59 Å². The molecule has 0 bridgehead atoms. The number of nitrogens with one attached hydrogen (secondary N) is 2. The Balaban J connectivity index is 1.69. The summed E-state index contributed by atoms with van der Waals surface area (Å²) in [5.74, 6) is 0.677. The average molecular weight is 362 g/mol. The predicted octanol–water partition coefficient (Wildman–Crippen LogP) is 2.38. The van der Waals surface area contributed by atoms with Crippen molar-refractivity contribution in [2.75, 3.05) is 10.6 Å². The van der Waals surface area contributed by atoms with Crippen LogP contribution in [0.2, 0.25) is 0 Å². The number of anilines is 2. The second kappa shape index (κ2) is 8.13. The van der Waals surface area contributed by atoms with Gasteiger partial charge in [-0.15, -0.1) is 0 Å². The van der Waals surface area contributed by atoms with E-state index in [1.807, 2.05) is 6.07 Å². The van der Waals surface area contributed by atoms with Crippen LogP contribution in [0.1, 0.15) is 18.3 Å². The van der Waals surface area contributed by atoms with Crippen LogP contribution in [0.4, 0.5) is 11.6 Å². The third-order valence-corrected chi connectivity index (χ3v) is 3.53. The monoisotopic (exact) mass is 362 g/mol. The molecule has 2 N–H and O–H groups in total. The summed E-state index contributed by atoms with van der Waals surface area (Å²) < 4.78 is 0. The molecule has 0 saturated carbocycles. The molecule has 8 heteroatoms. The van der Waals surface area contributed by atoms with Crippen LogP contribution in [-0.4, -0.2) is 31.8 Å². The number of benzene rings is 1. The van der Waals surface area contributed by atoms with Crippen molar-refractivity contribution in [2.45, 2.75) is 20.3 Å². The van der Waals surface area contributed by atoms with Gasteiger partial charge in [-0.1, -0.05) is 18.2 Å². The Kier molecular flexibility index (Phi) is 5.46. The minimum absolute atomic E-state index is 0.144. The van der Waals surface area contributed by atoms with E-state index < -0.39 is 0 Å². The molecule has 2 heterocycles. The average Bonchev–Trinajstić information content (AvgIpc) is 2.63. The topological polar surface area (TPSA) is 110 Å². The summed E-state index contributed by atoms with van der Waals surface area (Å²) in [4.78, 5) is 40.2. The van der Waals surface area contributed by atoms with Gasteiger partial charge in [0.2, 0.25) is 17.8 Å². The number of hydrogen-bond donors (Lipinski definition) is 2. The fraction of sp³-hybridized carbons (Fsp3) is 0.158. The molecule has 0 spiro atoms. The maximum atomic E-state index is 12.3. The summed E-state index contributed by atoms with van der Waals surface area (Å²) >= 11 is 0. The van der Waals surface area contributed by atoms with E-state index in [4.69, 9.17) is 0 Å². The lowest BCUT2D eigenvalue weighted by Gasteiger charge is -2.07. The molecule has 0 aliphatic rings. The van der Waals surface area contributed by atoms with E-state index in [1.165, 1.54) is 6.92 Å². The van der Waals surface area contributed by atoms with E-state index in [1.54, 1.807) is 49.5 Å². The molecule has 8 nitrogen and oxygen atoms in total. The zero-order valence-corrected chi connectivity index (χ0v) is 14.9. The van der Waals surface area contributed by atoms with E-state index in [0.717, 1.165) is 5.56 Å². The normalized spacial score (nSPS) is 10.3. The Labute approximate surface area is 156 Å². The van der Waals surface area contributed by atoms with Crippen LogP contribution in [0.25, 0.3) is 11.5 Å². The van der Waals surface area contributed by atoms with Gasteiger partial charge in [0.25, 0.3) is 0 Å². The highest BCUT2D eigenvalue weighted by Gasteiger charge is 2.11. The molecule has 0 unspecified atom stereocenters. The van der Waals surface area contributed by atoms with Crippen LogP contribution in [0.3, 0.4) is 0 Å². The Morgan fingerprint density at radius 2 is 1.74 bits per heavy atom. The Morgan fingerprint density at radius 1 is 0.963 bits per heavy atom. The second-order valence-electron chi connectivity index (χ2n) is 5.85. The molecule has 136 valence electrons. The fourth-order valence-electron chi connectivity index (χ4n) is 2.41. The van der Waals surface area contributed by atoms with Gasteiger partial charge in [-0.3, -0.25) is 19.9 Å². The van der Waals surface area contributed by atoms with Crippen LogP contribution in [0.15, 0.2) is 48.7 Å². The standard InChI is InChI=1S/C19H18N6O2/c1-12-21-18(16-5-3-4-10-20-16)25-19(22-12)24-17(27)11-14-6-8-15(9-7-14)23-13(2)26/h3-10H,11H2,1-2H3,(H,23,26)(H,21,22,24,25,27). The Bertz CT molecular complexity index is 958. The van der Waals surface area contributed by atoms with Gasteiger partial charge < -0.3 is 5.32 Å². The summed E-state index contributed by atoms with van der Waals surface area (Å²) in [5, 5.41) is 5.37. The second-order valence-corrected chi connectivity index (χ2v) is 5.85. The molecule has 1 aromatic carbocycles. The number of rotatable bonds is 5. The number of pyridine rings is 1. The summed E-state index contributed by atoms with van der Waals surface area (Å²) in [6, 6.07) is 12.5. The quantitative estimate of drug-likeness (QED) is 0.721. The number of carbonyl (C=O) groups excluding carboxylic acids is 2. The van der Waals surface area contributed by atoms with Crippen molar-refractivity contribution in [3.63, 3.8) is 0 Å². The molecule has 0 saturated heterocycles. The Hall–Kier alpha value is -3.68. The molecule has 0 aliphatic heterocycles. The molecule has 0 atom stereocenters. The third-order valence-electron chi connectivity index (χ3n) is 3.53. The first kappa shape index (κ1) is 18.1. The van der Waals surface area contributed by atoms with Gasteiger partial charge in [0.15, 0.2) is 5.82 Å². The molecule has 2 amide bonds. The smallest absolute Gasteiger partial charge is 0.233 e. The lowest BCUT2D eigenvalue weighted by Crippen LogP contribution is -2.17. The first-order chi connectivity index (χ1) is 13.0. The van der Waals surface area contributed by atoms with Gasteiger partial charge in [-0.05, 0) is 36.8 Å². The van der Waals surface area contributed by atoms with Crippen molar-refractivity contribution in [2.24, 2.45) is 0 Å². The molecule has 3 rings (SSSR count). The summed E-state index contributed by atoms with van der Waals surface area (Å²) in [6.45, 7) is 3.17. The molecule has 27 heavy (non-hydrogen) atoms. The van der Waals surface area contributed by atoms with Gasteiger partial charge in [0.05, 0.1) is 6.42 Å². The van der Waals surface area contributed by atoms with E-state index in [-0.39, 0.29) is 24.2 Å². The van der Waals surface area contributed by atoms with Crippen LogP contribution >= 0.6 is 0 Å². The minimum Gasteiger partial charge on any atom is -0.326 e. The molecular formula is C19H18N6O2. The molecular weight excluding hydrogens is 344 g/mol. The lowest BCUT2D eigenvalue weighted by atomic mass is 10.1. The van der Waals surface area contributed by atoms with E-state index >= 15 is 0 Å².